The van der Waals surface area contributed by atoms with E-state index in [0.29, 0.717) is 13.0 Å². The predicted octanol–water partition coefficient (Wildman–Crippen LogP) is 3.37. The summed E-state index contributed by atoms with van der Waals surface area (Å²) < 4.78 is 44.3. The first kappa shape index (κ1) is 18.0. The molecule has 8 heteroatoms. The van der Waals surface area contributed by atoms with Gasteiger partial charge in [-0.2, -0.15) is 4.18 Å². The average Bonchev–Trinajstić information content (AvgIpc) is 2.27. The van der Waals surface area contributed by atoms with Gasteiger partial charge in [0.15, 0.2) is 5.78 Å². The Labute approximate surface area is 112 Å². The molecule has 0 fully saturated rings. The summed E-state index contributed by atoms with van der Waals surface area (Å²) in [6.07, 6.45) is 4.45. The maximum atomic E-state index is 11.5. The molecule has 0 aliphatic carbocycles. The van der Waals surface area contributed by atoms with E-state index in [9.17, 15) is 22.1 Å². The van der Waals surface area contributed by atoms with E-state index in [2.05, 4.69) is 0 Å². The lowest BCUT2D eigenvalue weighted by Crippen LogP contribution is -2.08. The van der Waals surface area contributed by atoms with Crippen molar-refractivity contribution in [3.63, 3.8) is 0 Å². The standard InChI is InChI=1S/C11H15O2S.BF4/c1-14(2)13-9-8-11(12)10-6-4-3-5-7-10;2-1(3,4)5/h3-7H,8-9H2,1-2H3;/q+1;-1. The second kappa shape index (κ2) is 8.98. The number of carbonyl (C=O) groups is 1. The minimum Gasteiger partial charge on any atom is -0.418 e. The Morgan fingerprint density at radius 3 is 2.05 bits per heavy atom. The molecule has 0 saturated carbocycles. The Morgan fingerprint density at radius 1 is 1.16 bits per heavy atom. The number of benzene rings is 1. The van der Waals surface area contributed by atoms with E-state index in [1.807, 2.05) is 42.8 Å². The first-order valence-corrected chi connectivity index (χ1v) is 7.33. The molecule has 0 aliphatic rings. The van der Waals surface area contributed by atoms with Gasteiger partial charge in [-0.15, -0.1) is 0 Å². The molecule has 19 heavy (non-hydrogen) atoms. The zero-order valence-corrected chi connectivity index (χ0v) is 11.4. The highest BCUT2D eigenvalue weighted by Gasteiger charge is 2.20. The van der Waals surface area contributed by atoms with Crippen LogP contribution in [0, 0.1) is 0 Å². The molecule has 0 spiro atoms. The number of hydrogen-bond acceptors (Lipinski definition) is 2. The SMILES string of the molecule is C[S+](C)OCCC(=O)c1ccccc1.F[B-](F)(F)F. The zero-order valence-electron chi connectivity index (χ0n) is 10.6. The van der Waals surface area contributed by atoms with Crippen LogP contribution < -0.4 is 0 Å². The van der Waals surface area contributed by atoms with Crippen LogP contribution in [0.25, 0.3) is 0 Å². The van der Waals surface area contributed by atoms with Gasteiger partial charge in [0.2, 0.25) is 0 Å². The Kier molecular flexibility index (Phi) is 8.50. The Morgan fingerprint density at radius 2 is 1.63 bits per heavy atom. The van der Waals surface area contributed by atoms with Crippen LogP contribution in [-0.2, 0) is 15.4 Å². The molecule has 108 valence electrons. The van der Waals surface area contributed by atoms with Gasteiger partial charge in [0.25, 0.3) is 0 Å². The predicted molar refractivity (Wildman–Crippen MR) is 70.7 cm³/mol. The third-order valence-corrected chi connectivity index (χ3v) is 2.38. The molecule has 0 aromatic heterocycles. The Bertz CT molecular complexity index is 365. The summed E-state index contributed by atoms with van der Waals surface area (Å²) in [5.74, 6) is 0.149. The molecule has 0 atom stereocenters. The van der Waals surface area contributed by atoms with Crippen LogP contribution >= 0.6 is 0 Å². The third-order valence-electron chi connectivity index (χ3n) is 1.74. The smallest absolute Gasteiger partial charge is 0.418 e. The minimum absolute atomic E-state index is 0.0406. The van der Waals surface area contributed by atoms with Gasteiger partial charge in [-0.3, -0.25) is 4.79 Å². The molecule has 0 radical (unpaired) electrons. The fourth-order valence-electron chi connectivity index (χ4n) is 1.07. The number of rotatable bonds is 5. The van der Waals surface area contributed by atoms with Gasteiger partial charge in [0.1, 0.15) is 30.3 Å². The number of hydrogen-bond donors (Lipinski definition) is 0. The van der Waals surface area contributed by atoms with Crippen molar-refractivity contribution in [2.45, 2.75) is 6.42 Å². The van der Waals surface area contributed by atoms with Gasteiger partial charge in [-0.25, -0.2) is 0 Å². The van der Waals surface area contributed by atoms with Crippen molar-refractivity contribution in [1.82, 2.24) is 0 Å². The molecule has 2 nitrogen and oxygen atoms in total. The van der Waals surface area contributed by atoms with Crippen molar-refractivity contribution in [2.75, 3.05) is 19.1 Å². The third kappa shape index (κ3) is 13.2. The molecule has 0 heterocycles. The van der Waals surface area contributed by atoms with Crippen LogP contribution in [0.15, 0.2) is 30.3 Å². The van der Waals surface area contributed by atoms with E-state index in [4.69, 9.17) is 4.18 Å². The summed E-state index contributed by atoms with van der Waals surface area (Å²) in [4.78, 5) is 11.5. The van der Waals surface area contributed by atoms with Crippen LogP contribution in [0.4, 0.5) is 17.3 Å². The summed E-state index contributed by atoms with van der Waals surface area (Å²) >= 11 is -0.0406. The molecular formula is C11H15BF4O2S. The molecule has 1 rings (SSSR count). The quantitative estimate of drug-likeness (QED) is 0.360. The molecule has 0 saturated heterocycles. The molecule has 1 aromatic rings. The van der Waals surface area contributed by atoms with Crippen molar-refractivity contribution >= 4 is 24.2 Å². The van der Waals surface area contributed by atoms with Crippen LogP contribution in [0.2, 0.25) is 0 Å². The van der Waals surface area contributed by atoms with E-state index in [1.165, 1.54) is 0 Å². The summed E-state index contributed by atoms with van der Waals surface area (Å²) in [5, 5.41) is 0. The normalized spacial score (nSPS) is 10.9. The molecule has 0 N–H and O–H groups in total. The fraction of sp³-hybridized carbons (Fsp3) is 0.364. The monoisotopic (exact) mass is 298 g/mol. The molecule has 0 amide bonds. The van der Waals surface area contributed by atoms with E-state index < -0.39 is 7.25 Å². The number of Topliss-reactive ketones (excluding diaryl/α,β-unsaturated/α-hetero) is 1. The lowest BCUT2D eigenvalue weighted by atomic mass is 10.1. The maximum Gasteiger partial charge on any atom is 0.673 e. The Hall–Kier alpha value is -1.02. The van der Waals surface area contributed by atoms with Gasteiger partial charge in [0.05, 0.1) is 0 Å². The highest BCUT2D eigenvalue weighted by Crippen LogP contribution is 2.06. The molecule has 1 aromatic carbocycles. The summed E-state index contributed by atoms with van der Waals surface area (Å²) in [6.45, 7) is 0.518. The number of ketones is 1. The van der Waals surface area contributed by atoms with Crippen LogP contribution in [-0.4, -0.2) is 32.2 Å². The highest BCUT2D eigenvalue weighted by atomic mass is 32.2. The minimum atomic E-state index is -6.00. The second-order valence-electron chi connectivity index (χ2n) is 3.60. The zero-order chi connectivity index (χ0) is 14.9. The molecule has 0 bridgehead atoms. The van der Waals surface area contributed by atoms with Gasteiger partial charge >= 0.3 is 7.25 Å². The van der Waals surface area contributed by atoms with E-state index >= 15 is 0 Å². The van der Waals surface area contributed by atoms with E-state index in [-0.39, 0.29) is 17.0 Å². The number of halogens is 4. The van der Waals surface area contributed by atoms with E-state index in [1.54, 1.807) is 0 Å². The van der Waals surface area contributed by atoms with Crippen molar-refractivity contribution in [3.05, 3.63) is 35.9 Å². The van der Waals surface area contributed by atoms with E-state index in [0.717, 1.165) is 5.56 Å². The van der Waals surface area contributed by atoms with Gasteiger partial charge in [-0.05, 0) is 0 Å². The van der Waals surface area contributed by atoms with Crippen LogP contribution in [0.1, 0.15) is 16.8 Å². The molecule has 0 unspecified atom stereocenters. The van der Waals surface area contributed by atoms with Crippen molar-refractivity contribution < 1.29 is 26.2 Å². The number of carbonyl (C=O) groups excluding carboxylic acids is 1. The van der Waals surface area contributed by atoms with Crippen LogP contribution in [0.3, 0.4) is 0 Å². The first-order valence-electron chi connectivity index (χ1n) is 5.36. The second-order valence-corrected chi connectivity index (χ2v) is 5.32. The van der Waals surface area contributed by atoms with Crippen molar-refractivity contribution in [2.24, 2.45) is 0 Å². The van der Waals surface area contributed by atoms with Gasteiger partial charge in [-0.1, -0.05) is 30.3 Å². The lowest BCUT2D eigenvalue weighted by Gasteiger charge is -1.99. The molecular weight excluding hydrogens is 283 g/mol. The maximum absolute atomic E-state index is 11.5. The topological polar surface area (TPSA) is 26.3 Å². The average molecular weight is 298 g/mol. The van der Waals surface area contributed by atoms with Gasteiger partial charge in [0, 0.05) is 12.0 Å². The highest BCUT2D eigenvalue weighted by molar-refractivity contribution is 7.90. The lowest BCUT2D eigenvalue weighted by molar-refractivity contribution is 0.0966. The Balaban J connectivity index is 0.000000555. The first-order chi connectivity index (χ1) is 8.70. The summed E-state index contributed by atoms with van der Waals surface area (Å²) in [7, 11) is -6.00. The summed E-state index contributed by atoms with van der Waals surface area (Å²) in [6, 6.07) is 9.32. The van der Waals surface area contributed by atoms with Gasteiger partial charge < -0.3 is 17.3 Å². The van der Waals surface area contributed by atoms with Crippen LogP contribution in [0.5, 0.6) is 0 Å². The summed E-state index contributed by atoms with van der Waals surface area (Å²) in [5.41, 5.74) is 0.767. The fourth-order valence-corrected chi connectivity index (χ4v) is 1.49. The largest absolute Gasteiger partial charge is 0.673 e. The van der Waals surface area contributed by atoms with Crippen molar-refractivity contribution in [1.29, 1.82) is 0 Å². The van der Waals surface area contributed by atoms with Crippen molar-refractivity contribution in [3.8, 4) is 0 Å². The molecule has 0 aliphatic heterocycles.